The normalized spacial score (nSPS) is 16.7. The molecule has 0 saturated carbocycles. The number of Topliss-reactive ketones (excluding diaryl/α,β-unsaturated/α-hetero) is 1. The van der Waals surface area contributed by atoms with Crippen LogP contribution in [-0.2, 0) is 49.4 Å². The molecule has 18 nitrogen and oxygen atoms in total. The number of aromatic nitrogens is 4. The Labute approximate surface area is 464 Å². The zero-order valence-electron chi connectivity index (χ0n) is 45.5. The number of ether oxygens (including phenoxy) is 5. The molecule has 0 aliphatic carbocycles. The van der Waals surface area contributed by atoms with Crippen LogP contribution in [-0.4, -0.2) is 162 Å². The van der Waals surface area contributed by atoms with Crippen LogP contribution in [0.15, 0.2) is 59.0 Å². The Morgan fingerprint density at radius 1 is 0.857 bits per heavy atom. The zero-order chi connectivity index (χ0) is 55.2. The number of nitrogens with zero attached hydrogens (tertiary/aromatic N) is 7. The molecule has 1 saturated heterocycles. The van der Waals surface area contributed by atoms with Gasteiger partial charge in [0.05, 0.1) is 80.6 Å². The zero-order valence-corrected chi connectivity index (χ0v) is 47.9. The van der Waals surface area contributed by atoms with Crippen LogP contribution < -0.4 is 5.32 Å². The molecule has 0 radical (unpaired) electrons. The van der Waals surface area contributed by atoms with E-state index in [1.165, 1.54) is 9.78 Å². The van der Waals surface area contributed by atoms with E-state index in [4.69, 9.17) is 40.3 Å². The summed E-state index contributed by atoms with van der Waals surface area (Å²) >= 11 is 9.50. The Hall–Kier alpha value is -5.29. The van der Waals surface area contributed by atoms with Crippen LogP contribution in [0.4, 0.5) is 0 Å². The first-order chi connectivity index (χ1) is 36.9. The molecule has 0 unspecified atom stereocenters. The van der Waals surface area contributed by atoms with Crippen LogP contribution >= 0.6 is 34.3 Å². The maximum absolute atomic E-state index is 14.0. The number of carbonyl (C=O) groups is 4. The number of thiophene rings is 1. The van der Waals surface area contributed by atoms with Gasteiger partial charge >= 0.3 is 0 Å². The number of amides is 3. The maximum atomic E-state index is 14.0. The molecule has 1 fully saturated rings. The predicted octanol–water partition coefficient (Wildman–Crippen LogP) is 7.45. The van der Waals surface area contributed by atoms with Gasteiger partial charge in [-0.3, -0.25) is 28.7 Å². The molecule has 3 amide bonds. The summed E-state index contributed by atoms with van der Waals surface area (Å²) in [4.78, 5) is 69.1. The minimum Gasteiger partial charge on any atom is -0.391 e. The number of likely N-dealkylation sites (N-methyl/N-ethyl adjacent to an activating group) is 1. The molecule has 3 aromatic heterocycles. The summed E-state index contributed by atoms with van der Waals surface area (Å²) in [5.41, 5.74) is 8.01. The number of carbonyl (C=O) groups excluding carboxylic acids is 4. The highest BCUT2D eigenvalue weighted by molar-refractivity contribution is 7.15. The number of thiazole rings is 1. The SMILES string of the molecule is Cc1ncsc1-c1ccc(CNC(=O)[C@@H]2C[C@@H](O)CN2C(=O)[C@@H](CC(=O)COCCOCCOCCCOCCOCCN(C)C(=O)C[C@@H]2N=C(c3ccc(Cl)cc3)c3c(sc(C)c3C)-n3c(C)nnc32)C(C)(C)C)cc1. The number of hydrogen-bond acceptors (Lipinski definition) is 16. The molecule has 2 aromatic carbocycles. The first-order valence-corrected chi connectivity index (χ1v) is 28.2. The lowest BCUT2D eigenvalue weighted by molar-refractivity contribution is -0.146. The van der Waals surface area contributed by atoms with E-state index in [0.29, 0.717) is 70.1 Å². The van der Waals surface area contributed by atoms with E-state index in [9.17, 15) is 24.3 Å². The van der Waals surface area contributed by atoms with Crippen molar-refractivity contribution in [3.63, 3.8) is 0 Å². The van der Waals surface area contributed by atoms with Gasteiger partial charge in [0.2, 0.25) is 17.7 Å². The van der Waals surface area contributed by atoms with Crippen molar-refractivity contribution in [1.82, 2.24) is 34.9 Å². The van der Waals surface area contributed by atoms with E-state index in [1.54, 1.807) is 34.6 Å². The maximum Gasteiger partial charge on any atom is 0.243 e. The van der Waals surface area contributed by atoms with Crippen LogP contribution in [0, 0.1) is 39.0 Å². The summed E-state index contributed by atoms with van der Waals surface area (Å²) in [6.45, 7) is 17.6. The second-order valence-corrected chi connectivity index (χ2v) is 23.0. The van der Waals surface area contributed by atoms with E-state index in [0.717, 1.165) is 54.9 Å². The number of nitrogens with one attached hydrogen (secondary N) is 1. The fraction of sp³-hybridized carbons (Fsp3) is 0.536. The van der Waals surface area contributed by atoms with Crippen LogP contribution in [0.3, 0.4) is 0 Å². The van der Waals surface area contributed by atoms with Gasteiger partial charge in [0.25, 0.3) is 0 Å². The molecule has 416 valence electrons. The summed E-state index contributed by atoms with van der Waals surface area (Å²) in [5.74, 6) is -0.354. The Bertz CT molecular complexity index is 2810. The summed E-state index contributed by atoms with van der Waals surface area (Å²) in [6, 6.07) is 14.1. The van der Waals surface area contributed by atoms with Crippen molar-refractivity contribution in [1.29, 1.82) is 0 Å². The van der Waals surface area contributed by atoms with Crippen molar-refractivity contribution in [2.75, 3.05) is 86.2 Å². The monoisotopic (exact) mass is 1120 g/mol. The number of fused-ring (bicyclic) bond motifs is 3. The smallest absolute Gasteiger partial charge is 0.243 e. The van der Waals surface area contributed by atoms with Crippen LogP contribution in [0.5, 0.6) is 0 Å². The number of likely N-dealkylation sites (tertiary alicyclic amines) is 1. The third kappa shape index (κ3) is 15.9. The fourth-order valence-electron chi connectivity index (χ4n) is 9.21. The van der Waals surface area contributed by atoms with Gasteiger partial charge in [0.15, 0.2) is 11.6 Å². The van der Waals surface area contributed by atoms with Gasteiger partial charge in [-0.1, -0.05) is 68.8 Å². The second-order valence-electron chi connectivity index (χ2n) is 20.5. The molecular formula is C56H73ClN8O10S2. The summed E-state index contributed by atoms with van der Waals surface area (Å²) in [6.07, 6.45) is 0.0228. The Morgan fingerprint density at radius 3 is 2.14 bits per heavy atom. The number of β-amino-alcohol motifs (C(OH)–C–C–N with tert-alkyl or cyclic N) is 1. The first kappa shape index (κ1) is 59.4. The molecule has 0 bridgehead atoms. The van der Waals surface area contributed by atoms with Gasteiger partial charge in [-0.25, -0.2) is 4.98 Å². The van der Waals surface area contributed by atoms with Crippen molar-refractivity contribution >= 4 is 63.5 Å². The molecule has 2 N–H and O–H groups in total. The van der Waals surface area contributed by atoms with Crippen molar-refractivity contribution in [2.24, 2.45) is 16.3 Å². The molecule has 7 rings (SSSR count). The van der Waals surface area contributed by atoms with Gasteiger partial charge in [-0.05, 0) is 68.4 Å². The molecule has 4 atom stereocenters. The van der Waals surface area contributed by atoms with Gasteiger partial charge in [-0.2, -0.15) is 0 Å². The second kappa shape index (κ2) is 28.0. The van der Waals surface area contributed by atoms with Gasteiger partial charge in [0.1, 0.15) is 29.5 Å². The Kier molecular flexibility index (Phi) is 21.6. The molecule has 5 heterocycles. The summed E-state index contributed by atoms with van der Waals surface area (Å²) < 4.78 is 30.4. The minimum atomic E-state index is -0.849. The molecule has 5 aromatic rings. The third-order valence-corrected chi connectivity index (χ3v) is 16.2. The number of benzene rings is 2. The van der Waals surface area contributed by atoms with Crippen LogP contribution in [0.25, 0.3) is 15.4 Å². The van der Waals surface area contributed by atoms with Gasteiger partial charge in [0, 0.05) is 79.7 Å². The number of ketones is 1. The van der Waals surface area contributed by atoms with Gasteiger partial charge < -0.3 is 43.9 Å². The first-order valence-electron chi connectivity index (χ1n) is 26.2. The summed E-state index contributed by atoms with van der Waals surface area (Å²) in [5, 5.41) is 24.1. The van der Waals surface area contributed by atoms with E-state index >= 15 is 0 Å². The van der Waals surface area contributed by atoms with Crippen LogP contribution in [0.1, 0.15) is 97.0 Å². The lowest BCUT2D eigenvalue weighted by atomic mass is 9.77. The quantitative estimate of drug-likeness (QED) is 0.0467. The van der Waals surface area contributed by atoms with Crippen molar-refractivity contribution < 1.29 is 48.0 Å². The standard InChI is InChI=1S/C56H73ClN8O10S2/c1-35-37(3)77-55-49(35)50(40-14-16-42(57)17-15-40)60-46(52-62-61-38(4)65(52)55)30-48(68)63(8)18-21-73-24-22-71-19-9-20-72-23-25-74-26-27-75-33-44(67)28-45(56(5,6)7)54(70)64-32-43(66)29-47(64)53(69)58-31-39-10-12-41(13-11-39)51-36(2)59-34-76-51/h10-17,34,43,45-47,66H,9,18-33H2,1-8H3,(H,58,69)/t43-,45-,46+,47+/m1/s1. The van der Waals surface area contributed by atoms with Crippen molar-refractivity contribution in [3.8, 4) is 15.4 Å². The largest absolute Gasteiger partial charge is 0.391 e. The fourth-order valence-corrected chi connectivity index (χ4v) is 11.4. The Balaban J connectivity index is 0.714. The van der Waals surface area contributed by atoms with Crippen LogP contribution in [0.2, 0.25) is 5.02 Å². The van der Waals surface area contributed by atoms with E-state index < -0.39 is 29.5 Å². The average molecular weight is 1120 g/mol. The van der Waals surface area contributed by atoms with E-state index in [-0.39, 0.29) is 75.7 Å². The average Bonchev–Trinajstić information content (AvgIpc) is 4.34. The topological polar surface area (TPSA) is 209 Å². The highest BCUT2D eigenvalue weighted by Crippen LogP contribution is 2.40. The number of rotatable bonds is 28. The predicted molar refractivity (Wildman–Crippen MR) is 297 cm³/mol. The summed E-state index contributed by atoms with van der Waals surface area (Å²) in [7, 11) is 1.76. The molecule has 77 heavy (non-hydrogen) atoms. The lowest BCUT2D eigenvalue weighted by Crippen LogP contribution is -2.50. The number of hydrogen-bond donors (Lipinski definition) is 2. The minimum absolute atomic E-state index is 0.0195. The molecule has 0 spiro atoms. The number of aliphatic imine (C=N–C) groups is 1. The number of aryl methyl sites for hydroxylation is 3. The van der Waals surface area contributed by atoms with Gasteiger partial charge in [-0.15, -0.1) is 32.9 Å². The number of halogens is 1. The molecular weight excluding hydrogens is 1040 g/mol. The highest BCUT2D eigenvalue weighted by Gasteiger charge is 2.44. The number of aliphatic hydroxyl groups is 1. The van der Waals surface area contributed by atoms with Crippen molar-refractivity contribution in [3.05, 3.63) is 104 Å². The number of aliphatic hydroxyl groups excluding tert-OH is 1. The van der Waals surface area contributed by atoms with Crippen molar-refractivity contribution in [2.45, 2.75) is 98.9 Å². The molecule has 2 aliphatic rings. The molecule has 21 heteroatoms. The third-order valence-electron chi connectivity index (χ3n) is 13.7. The Morgan fingerprint density at radius 2 is 1.49 bits per heavy atom. The lowest BCUT2D eigenvalue weighted by Gasteiger charge is -2.34. The highest BCUT2D eigenvalue weighted by atomic mass is 35.5. The van der Waals surface area contributed by atoms with E-state index in [2.05, 4.69) is 34.3 Å². The molecule has 2 aliphatic heterocycles. The van der Waals surface area contributed by atoms with E-state index in [1.807, 2.05) is 93.2 Å².